The van der Waals surface area contributed by atoms with Crippen molar-refractivity contribution < 1.29 is 41.3 Å². The van der Waals surface area contributed by atoms with Crippen LogP contribution in [0.25, 0.3) is 0 Å². The number of benzene rings is 2. The lowest BCUT2D eigenvalue weighted by Crippen LogP contribution is -2.31. The zero-order chi connectivity index (χ0) is 24.7. The van der Waals surface area contributed by atoms with Crippen molar-refractivity contribution in [3.8, 4) is 17.2 Å². The molecule has 34 heavy (non-hydrogen) atoms. The Kier molecular flexibility index (Phi) is 8.77. The Morgan fingerprint density at radius 2 is 1.74 bits per heavy atom. The van der Waals surface area contributed by atoms with Crippen LogP contribution in [0.5, 0.6) is 17.2 Å². The second kappa shape index (κ2) is 11.6. The maximum atomic E-state index is 14.6. The van der Waals surface area contributed by atoms with E-state index >= 15 is 0 Å². The predicted molar refractivity (Wildman–Crippen MR) is 116 cm³/mol. The van der Waals surface area contributed by atoms with Crippen molar-refractivity contribution in [1.82, 2.24) is 0 Å². The second-order valence-electron chi connectivity index (χ2n) is 7.97. The average Bonchev–Trinajstić information content (AvgIpc) is 2.80. The monoisotopic (exact) mass is 484 g/mol. The second-order valence-corrected chi connectivity index (χ2v) is 7.97. The minimum absolute atomic E-state index is 0.0151. The molecule has 1 aliphatic rings. The minimum Gasteiger partial charge on any atom is -0.494 e. The quantitative estimate of drug-likeness (QED) is 0.176. The SMILES string of the molecule is CCCCOc1ccc(OC(=O)C2CCC(c3ccc(OCC)cc3)OC2)c(C(F)(F)F)c1F. The summed E-state index contributed by atoms with van der Waals surface area (Å²) in [6, 6.07) is 9.35. The number of carbonyl (C=O) groups is 1. The number of hydrogen-bond donors (Lipinski definition) is 0. The zero-order valence-corrected chi connectivity index (χ0v) is 19.1. The first kappa shape index (κ1) is 25.8. The number of unbranched alkanes of at least 4 members (excludes halogenated alkanes) is 1. The standard InChI is InChI=1S/C25H28F4O5/c1-3-5-14-32-21-13-12-20(22(23(21)26)25(27,28)29)34-24(30)17-8-11-19(33-15-17)16-6-9-18(10-7-16)31-4-2/h6-7,9-10,12-13,17,19H,3-5,8,11,14-15H2,1-2H3. The number of alkyl halides is 3. The van der Waals surface area contributed by atoms with Gasteiger partial charge in [0.15, 0.2) is 11.6 Å². The molecule has 186 valence electrons. The lowest BCUT2D eigenvalue weighted by molar-refractivity contribution is -0.149. The molecule has 0 bridgehead atoms. The molecule has 1 fully saturated rings. The summed E-state index contributed by atoms with van der Waals surface area (Å²) in [5.41, 5.74) is -0.741. The van der Waals surface area contributed by atoms with Gasteiger partial charge < -0.3 is 18.9 Å². The van der Waals surface area contributed by atoms with E-state index in [1.54, 1.807) is 0 Å². The van der Waals surface area contributed by atoms with Crippen LogP contribution >= 0.6 is 0 Å². The first-order chi connectivity index (χ1) is 16.2. The average molecular weight is 484 g/mol. The molecule has 5 nitrogen and oxygen atoms in total. The van der Waals surface area contributed by atoms with Gasteiger partial charge in [0.05, 0.1) is 31.8 Å². The third-order valence-electron chi connectivity index (χ3n) is 5.49. The highest BCUT2D eigenvalue weighted by Crippen LogP contribution is 2.42. The first-order valence-corrected chi connectivity index (χ1v) is 11.3. The van der Waals surface area contributed by atoms with E-state index in [4.69, 9.17) is 18.9 Å². The van der Waals surface area contributed by atoms with E-state index in [1.165, 1.54) is 0 Å². The summed E-state index contributed by atoms with van der Waals surface area (Å²) in [7, 11) is 0. The highest BCUT2D eigenvalue weighted by molar-refractivity contribution is 5.76. The highest BCUT2D eigenvalue weighted by Gasteiger charge is 2.41. The Hall–Kier alpha value is -2.81. The van der Waals surface area contributed by atoms with E-state index in [-0.39, 0.29) is 19.3 Å². The van der Waals surface area contributed by atoms with E-state index in [1.807, 2.05) is 38.1 Å². The van der Waals surface area contributed by atoms with E-state index in [0.717, 1.165) is 29.9 Å². The fraction of sp³-hybridized carbons (Fsp3) is 0.480. The summed E-state index contributed by atoms with van der Waals surface area (Å²) in [6.45, 7) is 4.38. The third kappa shape index (κ3) is 6.40. The summed E-state index contributed by atoms with van der Waals surface area (Å²) in [5.74, 6) is -3.92. The van der Waals surface area contributed by atoms with E-state index in [2.05, 4.69) is 0 Å². The summed E-state index contributed by atoms with van der Waals surface area (Å²) >= 11 is 0. The third-order valence-corrected chi connectivity index (χ3v) is 5.49. The molecule has 2 aromatic rings. The minimum atomic E-state index is -5.06. The van der Waals surface area contributed by atoms with Crippen molar-refractivity contribution in [1.29, 1.82) is 0 Å². The Labute approximate surface area is 196 Å². The fourth-order valence-electron chi connectivity index (χ4n) is 3.66. The fourth-order valence-corrected chi connectivity index (χ4v) is 3.66. The molecule has 1 heterocycles. The maximum Gasteiger partial charge on any atom is 0.422 e. The molecule has 2 atom stereocenters. The number of rotatable bonds is 9. The molecule has 0 radical (unpaired) electrons. The van der Waals surface area contributed by atoms with Gasteiger partial charge in [0.25, 0.3) is 0 Å². The molecule has 0 spiro atoms. The predicted octanol–water partition coefficient (Wildman–Crippen LogP) is 6.50. The van der Waals surface area contributed by atoms with Crippen molar-refractivity contribution in [2.45, 2.75) is 51.8 Å². The van der Waals surface area contributed by atoms with Crippen LogP contribution in [-0.2, 0) is 15.7 Å². The number of halogens is 4. The smallest absolute Gasteiger partial charge is 0.422 e. The molecule has 0 aliphatic carbocycles. The Morgan fingerprint density at radius 3 is 2.32 bits per heavy atom. The van der Waals surface area contributed by atoms with Crippen LogP contribution < -0.4 is 14.2 Å². The molecule has 3 rings (SSSR count). The zero-order valence-electron chi connectivity index (χ0n) is 19.1. The molecule has 1 saturated heterocycles. The van der Waals surface area contributed by atoms with Crippen LogP contribution in [0.1, 0.15) is 56.8 Å². The van der Waals surface area contributed by atoms with Gasteiger partial charge in [-0.05, 0) is 56.0 Å². The number of ether oxygens (including phenoxy) is 4. The van der Waals surface area contributed by atoms with E-state index in [9.17, 15) is 22.4 Å². The molecule has 2 aromatic carbocycles. The summed E-state index contributed by atoms with van der Waals surface area (Å²) in [4.78, 5) is 12.6. The van der Waals surface area contributed by atoms with Crippen molar-refractivity contribution in [2.75, 3.05) is 19.8 Å². The van der Waals surface area contributed by atoms with E-state index in [0.29, 0.717) is 25.9 Å². The van der Waals surface area contributed by atoms with Crippen molar-refractivity contribution in [3.05, 3.63) is 53.3 Å². The van der Waals surface area contributed by atoms with Crippen LogP contribution in [-0.4, -0.2) is 25.8 Å². The molecule has 0 saturated carbocycles. The van der Waals surface area contributed by atoms with Crippen molar-refractivity contribution in [2.24, 2.45) is 5.92 Å². The molecule has 0 amide bonds. The molecule has 9 heteroatoms. The van der Waals surface area contributed by atoms with Crippen LogP contribution in [0.15, 0.2) is 36.4 Å². The van der Waals surface area contributed by atoms with Crippen LogP contribution in [0.4, 0.5) is 17.6 Å². The Morgan fingerprint density at radius 1 is 1.03 bits per heavy atom. The maximum absolute atomic E-state index is 14.6. The summed E-state index contributed by atoms with van der Waals surface area (Å²) in [6.07, 6.45) is -3.16. The molecular formula is C25H28F4O5. The summed E-state index contributed by atoms with van der Waals surface area (Å²) < 4.78 is 76.6. The molecule has 1 aliphatic heterocycles. The van der Waals surface area contributed by atoms with E-state index < -0.39 is 40.9 Å². The van der Waals surface area contributed by atoms with Crippen LogP contribution in [0, 0.1) is 11.7 Å². The van der Waals surface area contributed by atoms with Gasteiger partial charge in [-0.2, -0.15) is 13.2 Å². The van der Waals surface area contributed by atoms with Crippen molar-refractivity contribution >= 4 is 5.97 Å². The molecule has 2 unspecified atom stereocenters. The van der Waals surface area contributed by atoms with Crippen LogP contribution in [0.3, 0.4) is 0 Å². The Balaban J connectivity index is 1.65. The lowest BCUT2D eigenvalue weighted by atomic mass is 9.94. The molecular weight excluding hydrogens is 456 g/mol. The van der Waals surface area contributed by atoms with Gasteiger partial charge in [-0.3, -0.25) is 4.79 Å². The molecule has 0 aromatic heterocycles. The van der Waals surface area contributed by atoms with Gasteiger partial charge in [0.1, 0.15) is 17.1 Å². The van der Waals surface area contributed by atoms with Crippen molar-refractivity contribution in [3.63, 3.8) is 0 Å². The Bertz CT molecular complexity index is 951. The van der Waals surface area contributed by atoms with Gasteiger partial charge in [-0.1, -0.05) is 25.5 Å². The van der Waals surface area contributed by atoms with Crippen LogP contribution in [0.2, 0.25) is 0 Å². The normalized spacial score (nSPS) is 18.4. The first-order valence-electron chi connectivity index (χ1n) is 11.3. The van der Waals surface area contributed by atoms with Gasteiger partial charge in [-0.25, -0.2) is 4.39 Å². The van der Waals surface area contributed by atoms with Gasteiger partial charge >= 0.3 is 12.1 Å². The molecule has 0 N–H and O–H groups in total. The van der Waals surface area contributed by atoms with Gasteiger partial charge in [-0.15, -0.1) is 0 Å². The topological polar surface area (TPSA) is 54.0 Å². The number of esters is 1. The number of hydrogen-bond acceptors (Lipinski definition) is 5. The highest BCUT2D eigenvalue weighted by atomic mass is 19.4. The summed E-state index contributed by atoms with van der Waals surface area (Å²) in [5, 5.41) is 0. The lowest BCUT2D eigenvalue weighted by Gasteiger charge is -2.28. The van der Waals surface area contributed by atoms with Gasteiger partial charge in [0, 0.05) is 0 Å². The number of carbonyl (C=O) groups excluding carboxylic acids is 1. The largest absolute Gasteiger partial charge is 0.494 e. The van der Waals surface area contributed by atoms with Gasteiger partial charge in [0.2, 0.25) is 0 Å².